The van der Waals surface area contributed by atoms with Crippen LogP contribution in [-0.2, 0) is 0 Å². The van der Waals surface area contributed by atoms with E-state index in [1.165, 1.54) is 6.33 Å². The van der Waals surface area contributed by atoms with E-state index in [1.807, 2.05) is 13.0 Å². The van der Waals surface area contributed by atoms with Gasteiger partial charge in [0.2, 0.25) is 0 Å². The molecule has 1 aromatic rings. The molecule has 1 atom stereocenters. The Labute approximate surface area is 82.9 Å². The highest BCUT2D eigenvalue weighted by Crippen LogP contribution is 2.16. The molecule has 0 bridgehead atoms. The molecule has 1 aromatic heterocycles. The smallest absolute Gasteiger partial charge is 0.129 e. The molecule has 5 nitrogen and oxygen atoms in total. The second-order valence-electron chi connectivity index (χ2n) is 3.04. The Kier molecular flexibility index (Phi) is 3.39. The summed E-state index contributed by atoms with van der Waals surface area (Å²) < 4.78 is 0. The molecule has 1 rings (SSSR count). The number of nitrogens with one attached hydrogen (secondary N) is 1. The summed E-state index contributed by atoms with van der Waals surface area (Å²) in [5, 5.41) is 14.7. The van der Waals surface area contributed by atoms with Crippen molar-refractivity contribution in [2.45, 2.75) is 19.8 Å². The molecule has 76 valence electrons. The van der Waals surface area contributed by atoms with E-state index >= 15 is 0 Å². The highest BCUT2D eigenvalue weighted by atomic mass is 16.4. The average Bonchev–Trinajstić information content (AvgIpc) is 2.27. The van der Waals surface area contributed by atoms with Gasteiger partial charge in [-0.3, -0.25) is 0 Å². The molecule has 1 heterocycles. The van der Waals surface area contributed by atoms with Gasteiger partial charge in [0.05, 0.1) is 11.4 Å². The zero-order valence-electron chi connectivity index (χ0n) is 8.52. The van der Waals surface area contributed by atoms with Crippen LogP contribution in [0.25, 0.3) is 0 Å². The van der Waals surface area contributed by atoms with E-state index in [1.54, 1.807) is 14.0 Å². The van der Waals surface area contributed by atoms with E-state index in [0.29, 0.717) is 5.71 Å². The monoisotopic (exact) mass is 194 g/mol. The lowest BCUT2D eigenvalue weighted by Crippen LogP contribution is -2.08. The molecule has 0 amide bonds. The largest absolute Gasteiger partial charge is 0.411 e. The third kappa shape index (κ3) is 2.18. The Bertz CT molecular complexity index is 337. The maximum absolute atomic E-state index is 8.62. The van der Waals surface area contributed by atoms with Crippen LogP contribution in [0.4, 0.5) is 5.82 Å². The lowest BCUT2D eigenvalue weighted by Gasteiger charge is -2.09. The van der Waals surface area contributed by atoms with Crippen molar-refractivity contribution in [3.63, 3.8) is 0 Å². The van der Waals surface area contributed by atoms with Gasteiger partial charge in [-0.1, -0.05) is 12.1 Å². The summed E-state index contributed by atoms with van der Waals surface area (Å²) in [6, 6.07) is 1.83. The number of rotatable bonds is 3. The molecule has 0 aliphatic heterocycles. The molecular weight excluding hydrogens is 180 g/mol. The Hall–Kier alpha value is -1.65. The van der Waals surface area contributed by atoms with Crippen LogP contribution in [0.1, 0.15) is 25.5 Å². The van der Waals surface area contributed by atoms with Gasteiger partial charge < -0.3 is 10.5 Å². The summed E-state index contributed by atoms with van der Waals surface area (Å²) in [6.07, 6.45) is 1.49. The number of hydrogen-bond donors (Lipinski definition) is 2. The van der Waals surface area contributed by atoms with Crippen molar-refractivity contribution in [2.24, 2.45) is 5.16 Å². The fourth-order valence-electron chi connectivity index (χ4n) is 1.05. The van der Waals surface area contributed by atoms with E-state index in [2.05, 4.69) is 20.4 Å². The SMILES string of the molecule is CNc1cc(C(C)/C(C)=N\O)ncn1. The van der Waals surface area contributed by atoms with E-state index in [-0.39, 0.29) is 5.92 Å². The molecule has 0 saturated carbocycles. The van der Waals surface area contributed by atoms with Gasteiger partial charge in [-0.15, -0.1) is 0 Å². The van der Waals surface area contributed by atoms with Gasteiger partial charge in [0.15, 0.2) is 0 Å². The van der Waals surface area contributed by atoms with Gasteiger partial charge in [0.1, 0.15) is 12.1 Å². The lowest BCUT2D eigenvalue weighted by atomic mass is 10.0. The summed E-state index contributed by atoms with van der Waals surface area (Å²) in [6.45, 7) is 3.68. The quantitative estimate of drug-likeness (QED) is 0.434. The summed E-state index contributed by atoms with van der Waals surface area (Å²) in [5.74, 6) is 0.752. The van der Waals surface area contributed by atoms with Crippen molar-refractivity contribution in [1.82, 2.24) is 9.97 Å². The van der Waals surface area contributed by atoms with Crippen LogP contribution in [0, 0.1) is 0 Å². The number of hydrogen-bond acceptors (Lipinski definition) is 5. The fraction of sp³-hybridized carbons (Fsp3) is 0.444. The van der Waals surface area contributed by atoms with Gasteiger partial charge >= 0.3 is 0 Å². The van der Waals surface area contributed by atoms with E-state index in [9.17, 15) is 0 Å². The Balaban J connectivity index is 2.95. The second kappa shape index (κ2) is 4.55. The standard InChI is InChI=1S/C9H14N4O/c1-6(7(2)13-14)8-4-9(10-3)12-5-11-8/h4-6,14H,1-3H3,(H,10,11,12)/b13-7-. The van der Waals surface area contributed by atoms with Crippen molar-refractivity contribution in [3.05, 3.63) is 18.1 Å². The van der Waals surface area contributed by atoms with Crippen LogP contribution in [-0.4, -0.2) is 27.9 Å². The molecule has 1 unspecified atom stereocenters. The van der Waals surface area contributed by atoms with E-state index in [4.69, 9.17) is 5.21 Å². The normalized spacial score (nSPS) is 13.8. The zero-order valence-corrected chi connectivity index (χ0v) is 8.52. The van der Waals surface area contributed by atoms with Crippen LogP contribution in [0.5, 0.6) is 0 Å². The first-order chi connectivity index (χ1) is 6.69. The molecule has 0 radical (unpaired) electrons. The first-order valence-electron chi connectivity index (χ1n) is 4.37. The van der Waals surface area contributed by atoms with Crippen molar-refractivity contribution in [1.29, 1.82) is 0 Å². The van der Waals surface area contributed by atoms with Crippen LogP contribution in [0.2, 0.25) is 0 Å². The van der Waals surface area contributed by atoms with Crippen LogP contribution in [0.3, 0.4) is 0 Å². The fourth-order valence-corrected chi connectivity index (χ4v) is 1.05. The summed E-state index contributed by atoms with van der Waals surface area (Å²) in [7, 11) is 1.80. The lowest BCUT2D eigenvalue weighted by molar-refractivity contribution is 0.316. The minimum Gasteiger partial charge on any atom is -0.411 e. The van der Waals surface area contributed by atoms with Gasteiger partial charge in [0.25, 0.3) is 0 Å². The maximum Gasteiger partial charge on any atom is 0.129 e. The van der Waals surface area contributed by atoms with E-state index in [0.717, 1.165) is 11.5 Å². The van der Waals surface area contributed by atoms with Crippen LogP contribution < -0.4 is 5.32 Å². The highest BCUT2D eigenvalue weighted by Gasteiger charge is 2.11. The van der Waals surface area contributed by atoms with Gasteiger partial charge in [-0.2, -0.15) is 0 Å². The predicted octanol–water partition coefficient (Wildman–Crippen LogP) is 1.47. The second-order valence-corrected chi connectivity index (χ2v) is 3.04. The van der Waals surface area contributed by atoms with Crippen molar-refractivity contribution >= 4 is 11.5 Å². The molecule has 5 heteroatoms. The number of oxime groups is 1. The number of aromatic nitrogens is 2. The van der Waals surface area contributed by atoms with E-state index < -0.39 is 0 Å². The Morgan fingerprint density at radius 2 is 2.29 bits per heavy atom. The topological polar surface area (TPSA) is 70.4 Å². The highest BCUT2D eigenvalue weighted by molar-refractivity contribution is 5.87. The van der Waals surface area contributed by atoms with Crippen LogP contribution >= 0.6 is 0 Å². The third-order valence-corrected chi connectivity index (χ3v) is 2.17. The van der Waals surface area contributed by atoms with Crippen molar-refractivity contribution in [2.75, 3.05) is 12.4 Å². The molecular formula is C9H14N4O. The Morgan fingerprint density at radius 1 is 1.57 bits per heavy atom. The first-order valence-corrected chi connectivity index (χ1v) is 4.37. The van der Waals surface area contributed by atoms with Crippen LogP contribution in [0.15, 0.2) is 17.5 Å². The van der Waals surface area contributed by atoms with Gasteiger partial charge in [-0.25, -0.2) is 9.97 Å². The molecule has 0 aliphatic rings. The van der Waals surface area contributed by atoms with Crippen molar-refractivity contribution < 1.29 is 5.21 Å². The van der Waals surface area contributed by atoms with Crippen molar-refractivity contribution in [3.8, 4) is 0 Å². The maximum atomic E-state index is 8.62. The van der Waals surface area contributed by atoms with Gasteiger partial charge in [-0.05, 0) is 6.92 Å². The molecule has 0 spiro atoms. The molecule has 14 heavy (non-hydrogen) atoms. The molecule has 0 aliphatic carbocycles. The molecule has 0 aromatic carbocycles. The Morgan fingerprint density at radius 3 is 2.86 bits per heavy atom. The first kappa shape index (κ1) is 10.4. The molecule has 2 N–H and O–H groups in total. The minimum absolute atomic E-state index is 0.00454. The summed E-state index contributed by atoms with van der Waals surface area (Å²) in [5.41, 5.74) is 1.46. The molecule has 0 fully saturated rings. The third-order valence-electron chi connectivity index (χ3n) is 2.17. The average molecular weight is 194 g/mol. The van der Waals surface area contributed by atoms with Gasteiger partial charge in [0, 0.05) is 19.0 Å². The number of anilines is 1. The minimum atomic E-state index is -0.00454. The summed E-state index contributed by atoms with van der Waals surface area (Å²) >= 11 is 0. The number of nitrogens with zero attached hydrogens (tertiary/aromatic N) is 3. The predicted molar refractivity (Wildman–Crippen MR) is 54.9 cm³/mol. The molecule has 0 saturated heterocycles. The summed E-state index contributed by atoms with van der Waals surface area (Å²) in [4.78, 5) is 8.11. The zero-order chi connectivity index (χ0) is 10.6.